The van der Waals surface area contributed by atoms with Gasteiger partial charge in [0, 0.05) is 12.1 Å². The molecule has 0 saturated heterocycles. The van der Waals surface area contributed by atoms with E-state index in [1.54, 1.807) is 6.07 Å². The molecule has 100 valence electrons. The summed E-state index contributed by atoms with van der Waals surface area (Å²) in [5, 5.41) is 11.5. The molecule has 5 heteroatoms. The van der Waals surface area contributed by atoms with Crippen molar-refractivity contribution in [3.63, 3.8) is 0 Å². The Morgan fingerprint density at radius 2 is 2.06 bits per heavy atom. The predicted octanol–water partition coefficient (Wildman–Crippen LogP) is 1.83. The third-order valence-corrected chi connectivity index (χ3v) is 2.27. The highest BCUT2D eigenvalue weighted by atomic mass is 16.5. The lowest BCUT2D eigenvalue weighted by molar-refractivity contribution is 0.244. The quantitative estimate of drug-likeness (QED) is 0.457. The van der Waals surface area contributed by atoms with Crippen LogP contribution in [0.1, 0.15) is 12.5 Å². The van der Waals surface area contributed by atoms with Gasteiger partial charge in [-0.1, -0.05) is 5.16 Å². The van der Waals surface area contributed by atoms with Crippen molar-refractivity contribution in [2.45, 2.75) is 6.92 Å². The molecule has 0 bridgehead atoms. The molecule has 18 heavy (non-hydrogen) atoms. The second kappa shape index (κ2) is 7.55. The maximum Gasteiger partial charge on any atom is 0.161 e. The molecule has 5 nitrogen and oxygen atoms in total. The summed E-state index contributed by atoms with van der Waals surface area (Å²) in [7, 11) is 3.99. The van der Waals surface area contributed by atoms with E-state index < -0.39 is 0 Å². The van der Waals surface area contributed by atoms with E-state index >= 15 is 0 Å². The normalized spacial score (nSPS) is 11.1. The van der Waals surface area contributed by atoms with Crippen LogP contribution in [0.15, 0.2) is 23.4 Å². The topological polar surface area (TPSA) is 54.3 Å². The second-order valence-electron chi connectivity index (χ2n) is 4.04. The Morgan fingerprint density at radius 1 is 1.28 bits per heavy atom. The first kappa shape index (κ1) is 14.3. The standard InChI is InChI=1S/C13H20N2O3/c1-4-17-13-9-11(10-14-16)5-6-12(13)18-8-7-15(2)3/h5-6,9-10,16H,4,7-8H2,1-3H3. The molecular weight excluding hydrogens is 232 g/mol. The third kappa shape index (κ3) is 4.63. The molecule has 0 heterocycles. The van der Waals surface area contributed by atoms with E-state index in [1.165, 1.54) is 6.21 Å². The van der Waals surface area contributed by atoms with E-state index in [0.717, 1.165) is 12.1 Å². The van der Waals surface area contributed by atoms with Crippen LogP contribution in [0.4, 0.5) is 0 Å². The molecule has 0 atom stereocenters. The number of nitrogens with zero attached hydrogens (tertiary/aromatic N) is 2. The molecular formula is C13H20N2O3. The van der Waals surface area contributed by atoms with Gasteiger partial charge in [-0.2, -0.15) is 0 Å². The van der Waals surface area contributed by atoms with Crippen molar-refractivity contribution in [2.24, 2.45) is 5.16 Å². The number of ether oxygens (including phenoxy) is 2. The third-order valence-electron chi connectivity index (χ3n) is 2.27. The first-order chi connectivity index (χ1) is 8.67. The summed E-state index contributed by atoms with van der Waals surface area (Å²) in [5.41, 5.74) is 0.765. The minimum atomic E-state index is 0.559. The van der Waals surface area contributed by atoms with Gasteiger partial charge in [-0.05, 0) is 39.2 Å². The monoisotopic (exact) mass is 252 g/mol. The Bertz CT molecular complexity index is 392. The summed E-state index contributed by atoms with van der Waals surface area (Å²) >= 11 is 0. The molecule has 1 aromatic carbocycles. The maximum atomic E-state index is 8.50. The zero-order valence-electron chi connectivity index (χ0n) is 11.1. The SMILES string of the molecule is CCOc1cc(C=NO)ccc1OCCN(C)C. The summed E-state index contributed by atoms with van der Waals surface area (Å²) in [6.45, 7) is 3.91. The lowest BCUT2D eigenvalue weighted by atomic mass is 10.2. The predicted molar refractivity (Wildman–Crippen MR) is 71.0 cm³/mol. The van der Waals surface area contributed by atoms with Crippen LogP contribution in [0.3, 0.4) is 0 Å². The largest absolute Gasteiger partial charge is 0.490 e. The van der Waals surface area contributed by atoms with Crippen LogP contribution in [0.2, 0.25) is 0 Å². The minimum Gasteiger partial charge on any atom is -0.490 e. The van der Waals surface area contributed by atoms with E-state index in [4.69, 9.17) is 14.7 Å². The Labute approximate surface area is 108 Å². The molecule has 0 amide bonds. The molecule has 0 aromatic heterocycles. The number of oxime groups is 1. The average Bonchev–Trinajstić information content (AvgIpc) is 2.32. The summed E-state index contributed by atoms with van der Waals surface area (Å²) in [5.74, 6) is 1.36. The number of hydrogen-bond acceptors (Lipinski definition) is 5. The van der Waals surface area contributed by atoms with Crippen molar-refractivity contribution in [1.82, 2.24) is 4.90 Å². The fourth-order valence-corrected chi connectivity index (χ4v) is 1.40. The van der Waals surface area contributed by atoms with Crippen molar-refractivity contribution in [3.8, 4) is 11.5 Å². The Hall–Kier alpha value is -1.75. The molecule has 1 N–H and O–H groups in total. The molecule has 0 spiro atoms. The average molecular weight is 252 g/mol. The van der Waals surface area contributed by atoms with Gasteiger partial charge in [0.1, 0.15) is 6.61 Å². The van der Waals surface area contributed by atoms with Gasteiger partial charge in [0.05, 0.1) is 12.8 Å². The van der Waals surface area contributed by atoms with Gasteiger partial charge in [0.25, 0.3) is 0 Å². The maximum absolute atomic E-state index is 8.50. The zero-order valence-corrected chi connectivity index (χ0v) is 11.1. The van der Waals surface area contributed by atoms with Crippen molar-refractivity contribution in [3.05, 3.63) is 23.8 Å². The van der Waals surface area contributed by atoms with Crippen molar-refractivity contribution >= 4 is 6.21 Å². The van der Waals surface area contributed by atoms with Crippen LogP contribution in [0, 0.1) is 0 Å². The Balaban J connectivity index is 2.75. The van der Waals surface area contributed by atoms with Crippen molar-refractivity contribution in [2.75, 3.05) is 33.9 Å². The summed E-state index contributed by atoms with van der Waals surface area (Å²) in [6, 6.07) is 5.42. The molecule has 0 radical (unpaired) electrons. The molecule has 0 aliphatic rings. The fourth-order valence-electron chi connectivity index (χ4n) is 1.40. The lowest BCUT2D eigenvalue weighted by Crippen LogP contribution is -2.19. The zero-order chi connectivity index (χ0) is 13.4. The highest BCUT2D eigenvalue weighted by molar-refractivity contribution is 5.80. The van der Waals surface area contributed by atoms with Gasteiger partial charge in [0.15, 0.2) is 11.5 Å². The highest BCUT2D eigenvalue weighted by Gasteiger charge is 2.06. The van der Waals surface area contributed by atoms with E-state index in [1.807, 2.05) is 38.1 Å². The van der Waals surface area contributed by atoms with Crippen LogP contribution >= 0.6 is 0 Å². The molecule has 0 aliphatic heterocycles. The minimum absolute atomic E-state index is 0.559. The number of hydrogen-bond donors (Lipinski definition) is 1. The van der Waals surface area contributed by atoms with E-state index in [-0.39, 0.29) is 0 Å². The van der Waals surface area contributed by atoms with Crippen LogP contribution in [0.5, 0.6) is 11.5 Å². The smallest absolute Gasteiger partial charge is 0.161 e. The van der Waals surface area contributed by atoms with Gasteiger partial charge in [-0.25, -0.2) is 0 Å². The van der Waals surface area contributed by atoms with Crippen LogP contribution in [-0.4, -0.2) is 50.2 Å². The summed E-state index contributed by atoms with van der Waals surface area (Å²) < 4.78 is 11.2. The lowest BCUT2D eigenvalue weighted by Gasteiger charge is -2.14. The molecule has 0 fully saturated rings. The molecule has 0 aliphatic carbocycles. The van der Waals surface area contributed by atoms with Gasteiger partial charge in [-0.3, -0.25) is 0 Å². The van der Waals surface area contributed by atoms with E-state index in [9.17, 15) is 0 Å². The van der Waals surface area contributed by atoms with Gasteiger partial charge >= 0.3 is 0 Å². The molecule has 0 saturated carbocycles. The van der Waals surface area contributed by atoms with E-state index in [2.05, 4.69) is 5.16 Å². The molecule has 1 aromatic rings. The van der Waals surface area contributed by atoms with Gasteiger partial charge < -0.3 is 19.6 Å². The molecule has 0 unspecified atom stereocenters. The van der Waals surface area contributed by atoms with E-state index in [0.29, 0.717) is 24.7 Å². The number of benzene rings is 1. The number of likely N-dealkylation sites (N-methyl/N-ethyl adjacent to an activating group) is 1. The van der Waals surface area contributed by atoms with Crippen molar-refractivity contribution < 1.29 is 14.7 Å². The highest BCUT2D eigenvalue weighted by Crippen LogP contribution is 2.28. The Morgan fingerprint density at radius 3 is 2.67 bits per heavy atom. The fraction of sp³-hybridized carbons (Fsp3) is 0.462. The molecule has 1 rings (SSSR count). The van der Waals surface area contributed by atoms with Gasteiger partial charge in [-0.15, -0.1) is 0 Å². The van der Waals surface area contributed by atoms with Gasteiger partial charge in [0.2, 0.25) is 0 Å². The first-order valence-corrected chi connectivity index (χ1v) is 5.89. The van der Waals surface area contributed by atoms with Crippen LogP contribution in [-0.2, 0) is 0 Å². The Kier molecular flexibility index (Phi) is 6.00. The summed E-state index contributed by atoms with van der Waals surface area (Å²) in [4.78, 5) is 2.05. The summed E-state index contributed by atoms with van der Waals surface area (Å²) in [6.07, 6.45) is 1.35. The number of rotatable bonds is 7. The first-order valence-electron chi connectivity index (χ1n) is 5.89. The van der Waals surface area contributed by atoms with Crippen LogP contribution < -0.4 is 9.47 Å². The second-order valence-corrected chi connectivity index (χ2v) is 4.04. The van der Waals surface area contributed by atoms with Crippen molar-refractivity contribution in [1.29, 1.82) is 0 Å². The van der Waals surface area contributed by atoms with Crippen LogP contribution in [0.25, 0.3) is 0 Å².